The minimum Gasteiger partial charge on any atom is -0.376 e. The summed E-state index contributed by atoms with van der Waals surface area (Å²) in [4.78, 5) is 15.5. The normalized spacial score (nSPS) is 19.8. The topological polar surface area (TPSA) is 34.5 Å². The number of para-hydroxylation sites is 1. The highest BCUT2D eigenvalue weighted by Crippen LogP contribution is 2.36. The van der Waals surface area contributed by atoms with Gasteiger partial charge < -0.3 is 9.30 Å². The van der Waals surface area contributed by atoms with Gasteiger partial charge in [-0.3, -0.25) is 9.69 Å². The van der Waals surface area contributed by atoms with Gasteiger partial charge in [-0.05, 0) is 48.6 Å². The monoisotopic (exact) mass is 530 g/mol. The molecule has 2 saturated heterocycles. The fourth-order valence-corrected chi connectivity index (χ4v) is 6.35. The molecule has 2 aliphatic heterocycles. The summed E-state index contributed by atoms with van der Waals surface area (Å²) in [5.74, 6) is -0.0428. The molecule has 0 spiro atoms. The van der Waals surface area contributed by atoms with E-state index in [-0.39, 0.29) is 12.0 Å². The van der Waals surface area contributed by atoms with Gasteiger partial charge in [0.2, 0.25) is 0 Å². The number of thiocarbonyl (C=S) groups is 1. The third-order valence-electron chi connectivity index (χ3n) is 6.32. The van der Waals surface area contributed by atoms with Crippen LogP contribution in [0.1, 0.15) is 36.5 Å². The van der Waals surface area contributed by atoms with E-state index in [1.807, 2.05) is 18.2 Å². The molecule has 0 radical (unpaired) electrons. The first-order chi connectivity index (χ1) is 16.4. The van der Waals surface area contributed by atoms with E-state index in [4.69, 9.17) is 40.2 Å². The van der Waals surface area contributed by atoms with Crippen molar-refractivity contribution in [2.75, 3.05) is 13.2 Å². The maximum Gasteiger partial charge on any atom is 0.266 e. The molecule has 0 bridgehead atoms. The molecule has 3 heterocycles. The predicted octanol–water partition coefficient (Wildman–Crippen LogP) is 6.94. The van der Waals surface area contributed by atoms with Crippen LogP contribution in [0, 0.1) is 0 Å². The minimum absolute atomic E-state index is 0.0428. The highest BCUT2D eigenvalue weighted by molar-refractivity contribution is 8.26. The zero-order valence-electron chi connectivity index (χ0n) is 18.7. The van der Waals surface area contributed by atoms with Crippen LogP contribution in [0.3, 0.4) is 0 Å². The van der Waals surface area contributed by atoms with E-state index >= 15 is 0 Å². The number of rotatable bonds is 6. The molecule has 0 aliphatic carbocycles. The SMILES string of the molecule is CCc1cccc2c(/C=C3\SC(=S)N(C[C@@H]4CCCO4)C3=O)cn(Cc3ccc(Cl)cc3Cl)c12. The molecule has 2 aliphatic rings. The first kappa shape index (κ1) is 23.9. The zero-order valence-corrected chi connectivity index (χ0v) is 21.9. The number of benzene rings is 2. The summed E-state index contributed by atoms with van der Waals surface area (Å²) in [5, 5.41) is 2.36. The Balaban J connectivity index is 1.52. The van der Waals surface area contributed by atoms with E-state index in [0.29, 0.717) is 32.4 Å². The summed E-state index contributed by atoms with van der Waals surface area (Å²) in [7, 11) is 0. The highest BCUT2D eigenvalue weighted by atomic mass is 35.5. The van der Waals surface area contributed by atoms with Gasteiger partial charge in [0, 0.05) is 40.3 Å². The summed E-state index contributed by atoms with van der Waals surface area (Å²) in [6.07, 6.45) is 7.04. The number of amides is 1. The fourth-order valence-electron chi connectivity index (χ4n) is 4.61. The molecular weight excluding hydrogens is 507 g/mol. The first-order valence-corrected chi connectivity index (χ1v) is 13.3. The van der Waals surface area contributed by atoms with Crippen LogP contribution in [-0.2, 0) is 22.5 Å². The summed E-state index contributed by atoms with van der Waals surface area (Å²) in [5.41, 5.74) is 4.38. The van der Waals surface area contributed by atoms with E-state index < -0.39 is 0 Å². The number of aryl methyl sites for hydroxylation is 1. The van der Waals surface area contributed by atoms with E-state index in [1.54, 1.807) is 11.0 Å². The number of thioether (sulfide) groups is 1. The van der Waals surface area contributed by atoms with Crippen LogP contribution in [0.2, 0.25) is 10.0 Å². The third-order valence-corrected chi connectivity index (χ3v) is 8.28. The number of nitrogens with zero attached hydrogens (tertiary/aromatic N) is 2. The Morgan fingerprint density at radius 3 is 2.82 bits per heavy atom. The van der Waals surface area contributed by atoms with Gasteiger partial charge in [0.05, 0.1) is 23.1 Å². The number of aromatic nitrogens is 1. The number of carbonyl (C=O) groups excluding carboxylic acids is 1. The Bertz CT molecular complexity index is 1310. The average Bonchev–Trinajstić information content (AvgIpc) is 3.52. The molecular formula is C26H24Cl2N2O2S2. The molecule has 2 fully saturated rings. The summed E-state index contributed by atoms with van der Waals surface area (Å²) >= 11 is 19.5. The van der Waals surface area contributed by atoms with Crippen LogP contribution in [0.5, 0.6) is 0 Å². The predicted molar refractivity (Wildman–Crippen MR) is 146 cm³/mol. The van der Waals surface area contributed by atoms with E-state index in [1.165, 1.54) is 17.3 Å². The van der Waals surface area contributed by atoms with Crippen LogP contribution >= 0.6 is 47.2 Å². The third kappa shape index (κ3) is 4.67. The van der Waals surface area contributed by atoms with Gasteiger partial charge in [0.1, 0.15) is 4.32 Å². The molecule has 5 rings (SSSR count). The maximum atomic E-state index is 13.2. The van der Waals surface area contributed by atoms with E-state index in [0.717, 1.165) is 47.9 Å². The standard InChI is InChI=1S/C26H24Cl2N2O2S2/c1-2-16-5-3-7-21-18(14-29(24(16)21)13-17-8-9-19(27)12-22(17)28)11-23-25(31)30(26(33)34-23)15-20-6-4-10-32-20/h3,5,7-9,11-12,14,20H,2,4,6,10,13,15H2,1H3/b23-11-/t20-/m0/s1. The van der Waals surface area contributed by atoms with Gasteiger partial charge in [-0.2, -0.15) is 0 Å². The van der Waals surface area contributed by atoms with E-state index in [9.17, 15) is 4.79 Å². The number of carbonyl (C=O) groups is 1. The molecule has 3 aromatic rings. The Morgan fingerprint density at radius 2 is 2.09 bits per heavy atom. The quantitative estimate of drug-likeness (QED) is 0.255. The Morgan fingerprint density at radius 1 is 1.24 bits per heavy atom. The van der Waals surface area contributed by atoms with Gasteiger partial charge >= 0.3 is 0 Å². The molecule has 8 heteroatoms. The van der Waals surface area contributed by atoms with Gasteiger partial charge in [-0.1, -0.05) is 78.4 Å². The highest BCUT2D eigenvalue weighted by Gasteiger charge is 2.34. The fraction of sp³-hybridized carbons (Fsp3) is 0.308. The van der Waals surface area contributed by atoms with Crippen molar-refractivity contribution in [3.8, 4) is 0 Å². The molecule has 0 N–H and O–H groups in total. The Hall–Kier alpha value is -1.83. The largest absolute Gasteiger partial charge is 0.376 e. The lowest BCUT2D eigenvalue weighted by atomic mass is 10.1. The van der Waals surface area contributed by atoms with Gasteiger partial charge in [-0.15, -0.1) is 0 Å². The number of hydrogen-bond donors (Lipinski definition) is 0. The zero-order chi connectivity index (χ0) is 23.8. The van der Waals surface area contributed by atoms with Crippen LogP contribution in [0.4, 0.5) is 0 Å². The maximum absolute atomic E-state index is 13.2. The molecule has 0 saturated carbocycles. The van der Waals surface area contributed by atoms with Crippen molar-refractivity contribution in [2.24, 2.45) is 0 Å². The molecule has 34 heavy (non-hydrogen) atoms. The Labute approximate surface area is 218 Å². The molecule has 1 aromatic heterocycles. The van der Waals surface area contributed by atoms with Crippen molar-refractivity contribution in [3.63, 3.8) is 0 Å². The van der Waals surface area contributed by atoms with Crippen molar-refractivity contribution in [2.45, 2.75) is 38.8 Å². The number of halogens is 2. The smallest absolute Gasteiger partial charge is 0.266 e. The van der Waals surface area contributed by atoms with Crippen LogP contribution < -0.4 is 0 Å². The van der Waals surface area contributed by atoms with Crippen LogP contribution in [0.25, 0.3) is 17.0 Å². The van der Waals surface area contributed by atoms with Crippen molar-refractivity contribution in [3.05, 3.63) is 74.2 Å². The molecule has 0 unspecified atom stereocenters. The molecule has 2 aromatic carbocycles. The van der Waals surface area contributed by atoms with Crippen molar-refractivity contribution in [1.82, 2.24) is 9.47 Å². The molecule has 176 valence electrons. The lowest BCUT2D eigenvalue weighted by Crippen LogP contribution is -2.35. The lowest BCUT2D eigenvalue weighted by Gasteiger charge is -2.18. The Kier molecular flexibility index (Phi) is 7.05. The summed E-state index contributed by atoms with van der Waals surface area (Å²) in [6.45, 7) is 4.04. The van der Waals surface area contributed by atoms with Gasteiger partial charge in [-0.25, -0.2) is 0 Å². The van der Waals surface area contributed by atoms with E-state index in [2.05, 4.69) is 35.9 Å². The second kappa shape index (κ2) is 10.0. The van der Waals surface area contributed by atoms with Gasteiger partial charge in [0.15, 0.2) is 0 Å². The molecule has 1 atom stereocenters. The number of hydrogen-bond acceptors (Lipinski definition) is 4. The average molecular weight is 532 g/mol. The number of fused-ring (bicyclic) bond motifs is 1. The molecule has 4 nitrogen and oxygen atoms in total. The minimum atomic E-state index is -0.0428. The van der Waals surface area contributed by atoms with Gasteiger partial charge in [0.25, 0.3) is 5.91 Å². The second-order valence-corrected chi connectivity index (χ2v) is 11.1. The summed E-state index contributed by atoms with van der Waals surface area (Å²) in [6, 6.07) is 11.9. The molecule has 1 amide bonds. The van der Waals surface area contributed by atoms with Crippen LogP contribution in [-0.4, -0.2) is 39.0 Å². The second-order valence-electron chi connectivity index (χ2n) is 8.54. The van der Waals surface area contributed by atoms with Crippen molar-refractivity contribution >= 4 is 74.4 Å². The first-order valence-electron chi connectivity index (χ1n) is 11.4. The summed E-state index contributed by atoms with van der Waals surface area (Å²) < 4.78 is 8.53. The van der Waals surface area contributed by atoms with Crippen molar-refractivity contribution in [1.29, 1.82) is 0 Å². The van der Waals surface area contributed by atoms with Crippen molar-refractivity contribution < 1.29 is 9.53 Å². The van der Waals surface area contributed by atoms with Crippen LogP contribution in [0.15, 0.2) is 47.5 Å². The lowest BCUT2D eigenvalue weighted by molar-refractivity contribution is -0.123. The number of ether oxygens (including phenoxy) is 1.